The van der Waals surface area contributed by atoms with E-state index in [1.165, 1.54) is 11.1 Å². The lowest BCUT2D eigenvalue weighted by atomic mass is 10.1. The average Bonchev–Trinajstić information content (AvgIpc) is 2.52. The van der Waals surface area contributed by atoms with Crippen molar-refractivity contribution >= 4 is 29.9 Å². The number of nitrogens with zero attached hydrogens (tertiary/aromatic N) is 1. The molecule has 1 aromatic carbocycles. The summed E-state index contributed by atoms with van der Waals surface area (Å²) in [6.45, 7) is 10.1. The molecule has 4 nitrogen and oxygen atoms in total. The summed E-state index contributed by atoms with van der Waals surface area (Å²) in [4.78, 5) is 4.48. The van der Waals surface area contributed by atoms with E-state index in [-0.39, 0.29) is 24.0 Å². The Morgan fingerprint density at radius 2 is 1.73 bits per heavy atom. The fourth-order valence-corrected chi connectivity index (χ4v) is 1.97. The van der Waals surface area contributed by atoms with Crippen LogP contribution in [0.3, 0.4) is 0 Å². The standard InChI is InChI=1S/C17H29N3O.HI/c1-4-15-7-9-16(10-8-15)11-12-19-17(18-5-2)20-13-14-21-6-3;/h7-10H,4-6,11-14H2,1-3H3,(H2,18,19,20);1H. The molecule has 0 radical (unpaired) electrons. The minimum absolute atomic E-state index is 0. The molecule has 0 heterocycles. The van der Waals surface area contributed by atoms with Gasteiger partial charge in [0.15, 0.2) is 5.96 Å². The Balaban J connectivity index is 0.00000441. The van der Waals surface area contributed by atoms with Crippen LogP contribution in [0.1, 0.15) is 31.9 Å². The molecule has 1 rings (SSSR count). The molecule has 0 aromatic heterocycles. The van der Waals surface area contributed by atoms with Gasteiger partial charge in [-0.1, -0.05) is 31.2 Å². The van der Waals surface area contributed by atoms with Gasteiger partial charge in [-0.25, -0.2) is 0 Å². The number of aliphatic imine (C=N–C) groups is 1. The predicted octanol–water partition coefficient (Wildman–Crippen LogP) is 3.00. The van der Waals surface area contributed by atoms with E-state index in [0.29, 0.717) is 13.2 Å². The molecule has 0 amide bonds. The second-order valence-electron chi connectivity index (χ2n) is 4.80. The van der Waals surface area contributed by atoms with Gasteiger partial charge in [0.05, 0.1) is 13.2 Å². The van der Waals surface area contributed by atoms with Crippen LogP contribution in [0, 0.1) is 0 Å². The van der Waals surface area contributed by atoms with Crippen LogP contribution in [0.2, 0.25) is 0 Å². The Bertz CT molecular complexity index is 407. The predicted molar refractivity (Wildman–Crippen MR) is 105 cm³/mol. The maximum absolute atomic E-state index is 5.29. The maximum atomic E-state index is 5.29. The van der Waals surface area contributed by atoms with Gasteiger partial charge in [-0.3, -0.25) is 4.99 Å². The number of ether oxygens (including phenoxy) is 1. The molecule has 0 fully saturated rings. The van der Waals surface area contributed by atoms with Gasteiger partial charge in [0.1, 0.15) is 0 Å². The summed E-state index contributed by atoms with van der Waals surface area (Å²) in [5.41, 5.74) is 2.74. The molecule has 1 aromatic rings. The zero-order valence-electron chi connectivity index (χ0n) is 14.0. The van der Waals surface area contributed by atoms with E-state index >= 15 is 0 Å². The van der Waals surface area contributed by atoms with E-state index in [4.69, 9.17) is 4.74 Å². The minimum Gasteiger partial charge on any atom is -0.380 e. The first kappa shape index (κ1) is 21.2. The third-order valence-corrected chi connectivity index (χ3v) is 3.19. The van der Waals surface area contributed by atoms with Crippen molar-refractivity contribution in [3.05, 3.63) is 35.4 Å². The third kappa shape index (κ3) is 9.25. The van der Waals surface area contributed by atoms with Crippen LogP contribution in [-0.2, 0) is 17.6 Å². The molecule has 0 aliphatic carbocycles. The molecule has 22 heavy (non-hydrogen) atoms. The SMILES string of the molecule is CCNC(=NCCOCC)NCCc1ccc(CC)cc1.I. The molecule has 5 heteroatoms. The number of rotatable bonds is 9. The lowest BCUT2D eigenvalue weighted by molar-refractivity contribution is 0.155. The first-order valence-electron chi connectivity index (χ1n) is 7.97. The summed E-state index contributed by atoms with van der Waals surface area (Å²) in [5, 5.41) is 6.61. The Hall–Kier alpha value is -0.820. The van der Waals surface area contributed by atoms with Crippen molar-refractivity contribution < 1.29 is 4.74 Å². The highest BCUT2D eigenvalue weighted by Gasteiger charge is 1.98. The summed E-state index contributed by atoms with van der Waals surface area (Å²) < 4.78 is 5.29. The van der Waals surface area contributed by atoms with E-state index in [2.05, 4.69) is 53.7 Å². The van der Waals surface area contributed by atoms with Crippen LogP contribution in [0.4, 0.5) is 0 Å². The summed E-state index contributed by atoms with van der Waals surface area (Å²) in [6, 6.07) is 8.83. The van der Waals surface area contributed by atoms with Crippen LogP contribution in [0.25, 0.3) is 0 Å². The second kappa shape index (κ2) is 13.8. The third-order valence-electron chi connectivity index (χ3n) is 3.19. The number of hydrogen-bond donors (Lipinski definition) is 2. The summed E-state index contributed by atoms with van der Waals surface area (Å²) in [5.74, 6) is 0.863. The number of hydrogen-bond acceptors (Lipinski definition) is 2. The summed E-state index contributed by atoms with van der Waals surface area (Å²) in [6.07, 6.45) is 2.09. The van der Waals surface area contributed by atoms with E-state index < -0.39 is 0 Å². The van der Waals surface area contributed by atoms with Crippen molar-refractivity contribution in [3.63, 3.8) is 0 Å². The number of nitrogens with one attached hydrogen (secondary N) is 2. The highest BCUT2D eigenvalue weighted by atomic mass is 127. The Kier molecular flexibility index (Phi) is 13.3. The lowest BCUT2D eigenvalue weighted by Crippen LogP contribution is -2.38. The molecule has 126 valence electrons. The number of aryl methyl sites for hydroxylation is 1. The highest BCUT2D eigenvalue weighted by molar-refractivity contribution is 14.0. The van der Waals surface area contributed by atoms with Crippen LogP contribution >= 0.6 is 24.0 Å². The van der Waals surface area contributed by atoms with Crippen molar-refractivity contribution in [2.45, 2.75) is 33.6 Å². The van der Waals surface area contributed by atoms with Gasteiger partial charge < -0.3 is 15.4 Å². The van der Waals surface area contributed by atoms with Crippen LogP contribution in [0.15, 0.2) is 29.3 Å². The van der Waals surface area contributed by atoms with Crippen molar-refractivity contribution in [3.8, 4) is 0 Å². The fourth-order valence-electron chi connectivity index (χ4n) is 1.97. The van der Waals surface area contributed by atoms with Crippen molar-refractivity contribution in [2.75, 3.05) is 32.8 Å². The second-order valence-corrected chi connectivity index (χ2v) is 4.80. The zero-order valence-corrected chi connectivity index (χ0v) is 16.4. The summed E-state index contributed by atoms with van der Waals surface area (Å²) in [7, 11) is 0. The minimum atomic E-state index is 0. The molecule has 0 unspecified atom stereocenters. The van der Waals surface area contributed by atoms with Gasteiger partial charge in [0.25, 0.3) is 0 Å². The normalized spacial score (nSPS) is 11.0. The van der Waals surface area contributed by atoms with Crippen molar-refractivity contribution in [2.24, 2.45) is 4.99 Å². The molecule has 0 bridgehead atoms. The first-order valence-corrected chi connectivity index (χ1v) is 7.97. The molecular formula is C17H30IN3O. The molecule has 2 N–H and O–H groups in total. The van der Waals surface area contributed by atoms with E-state index in [9.17, 15) is 0 Å². The Labute approximate surface area is 152 Å². The smallest absolute Gasteiger partial charge is 0.191 e. The fraction of sp³-hybridized carbons (Fsp3) is 0.588. The van der Waals surface area contributed by atoms with Gasteiger partial charge >= 0.3 is 0 Å². The van der Waals surface area contributed by atoms with E-state index in [1.54, 1.807) is 0 Å². The number of guanidine groups is 1. The monoisotopic (exact) mass is 419 g/mol. The van der Waals surface area contributed by atoms with Crippen LogP contribution in [0.5, 0.6) is 0 Å². The Morgan fingerprint density at radius 3 is 2.32 bits per heavy atom. The van der Waals surface area contributed by atoms with E-state index in [1.807, 2.05) is 6.92 Å². The molecule has 0 aliphatic heterocycles. The molecule has 0 saturated carbocycles. The zero-order chi connectivity index (χ0) is 15.3. The van der Waals surface area contributed by atoms with Gasteiger partial charge in [-0.05, 0) is 37.8 Å². The Morgan fingerprint density at radius 1 is 1.05 bits per heavy atom. The molecule has 0 spiro atoms. The number of halogens is 1. The average molecular weight is 419 g/mol. The quantitative estimate of drug-likeness (QED) is 0.280. The van der Waals surface area contributed by atoms with Crippen LogP contribution in [-0.4, -0.2) is 38.8 Å². The van der Waals surface area contributed by atoms with E-state index in [0.717, 1.165) is 38.5 Å². The molecule has 0 aliphatic rings. The topological polar surface area (TPSA) is 45.7 Å². The van der Waals surface area contributed by atoms with Gasteiger partial charge in [0, 0.05) is 19.7 Å². The van der Waals surface area contributed by atoms with Crippen molar-refractivity contribution in [1.82, 2.24) is 10.6 Å². The van der Waals surface area contributed by atoms with Gasteiger partial charge in [0.2, 0.25) is 0 Å². The molecule has 0 saturated heterocycles. The largest absolute Gasteiger partial charge is 0.380 e. The highest BCUT2D eigenvalue weighted by Crippen LogP contribution is 2.05. The molecular weight excluding hydrogens is 389 g/mol. The lowest BCUT2D eigenvalue weighted by Gasteiger charge is -2.11. The first-order chi connectivity index (χ1) is 10.3. The van der Waals surface area contributed by atoms with Gasteiger partial charge in [-0.15, -0.1) is 24.0 Å². The number of benzene rings is 1. The summed E-state index contributed by atoms with van der Waals surface area (Å²) >= 11 is 0. The maximum Gasteiger partial charge on any atom is 0.191 e. The molecule has 0 atom stereocenters. The van der Waals surface area contributed by atoms with Crippen LogP contribution < -0.4 is 10.6 Å². The van der Waals surface area contributed by atoms with Gasteiger partial charge in [-0.2, -0.15) is 0 Å². The van der Waals surface area contributed by atoms with Crippen molar-refractivity contribution in [1.29, 1.82) is 0 Å².